The van der Waals surface area contributed by atoms with Crippen molar-refractivity contribution >= 4 is 29.0 Å². The third kappa shape index (κ3) is 4.44. The number of carbonyl (C=O) groups is 2. The molecule has 8 heteroatoms. The molecule has 36 heavy (non-hydrogen) atoms. The number of methoxy groups -OCH3 is 1. The van der Waals surface area contributed by atoms with Gasteiger partial charge in [-0.2, -0.15) is 5.10 Å². The summed E-state index contributed by atoms with van der Waals surface area (Å²) in [5.74, 6) is 0.655. The summed E-state index contributed by atoms with van der Waals surface area (Å²) in [4.78, 5) is 26.6. The van der Waals surface area contributed by atoms with Crippen molar-refractivity contribution in [3.63, 3.8) is 0 Å². The highest BCUT2D eigenvalue weighted by Crippen LogP contribution is 2.38. The largest absolute Gasteiger partial charge is 0.497 e. The molecule has 1 aliphatic rings. The van der Waals surface area contributed by atoms with Crippen LogP contribution in [0.3, 0.4) is 0 Å². The number of nitrogens with one attached hydrogen (secondary N) is 3. The molecule has 2 amide bonds. The number of para-hydroxylation sites is 2. The summed E-state index contributed by atoms with van der Waals surface area (Å²) in [6, 6.07) is 25.4. The zero-order valence-electron chi connectivity index (χ0n) is 19.9. The van der Waals surface area contributed by atoms with E-state index in [1.165, 1.54) is 6.20 Å². The first-order valence-corrected chi connectivity index (χ1v) is 11.5. The van der Waals surface area contributed by atoms with Gasteiger partial charge in [-0.3, -0.25) is 9.59 Å². The number of nitrogens with zero attached hydrogens (tertiary/aromatic N) is 2. The predicted octanol–water partition coefficient (Wildman–Crippen LogP) is 5.07. The fourth-order valence-electron chi connectivity index (χ4n) is 4.25. The summed E-state index contributed by atoms with van der Waals surface area (Å²) in [7, 11) is 1.60. The Labute approximate surface area is 208 Å². The molecule has 180 valence electrons. The smallest absolute Gasteiger partial charge is 0.261 e. The van der Waals surface area contributed by atoms with Gasteiger partial charge in [-0.1, -0.05) is 48.5 Å². The minimum atomic E-state index is -0.561. The fourth-order valence-corrected chi connectivity index (χ4v) is 4.25. The predicted molar refractivity (Wildman–Crippen MR) is 139 cm³/mol. The van der Waals surface area contributed by atoms with E-state index < -0.39 is 6.04 Å². The fraction of sp³-hybridized carbons (Fsp3) is 0.107. The third-order valence-corrected chi connectivity index (χ3v) is 6.01. The van der Waals surface area contributed by atoms with Gasteiger partial charge < -0.3 is 20.7 Å². The van der Waals surface area contributed by atoms with Crippen LogP contribution >= 0.6 is 0 Å². The Kier molecular flexibility index (Phi) is 6.23. The summed E-state index contributed by atoms with van der Waals surface area (Å²) in [5.41, 5.74) is 3.69. The summed E-state index contributed by atoms with van der Waals surface area (Å²) >= 11 is 0. The lowest BCUT2D eigenvalue weighted by Crippen LogP contribution is -2.32. The van der Waals surface area contributed by atoms with Crippen LogP contribution in [0.5, 0.6) is 5.75 Å². The number of benzene rings is 3. The molecule has 8 nitrogen and oxygen atoms in total. The second-order valence-corrected chi connectivity index (χ2v) is 8.33. The molecule has 4 aromatic rings. The van der Waals surface area contributed by atoms with Gasteiger partial charge in [0.25, 0.3) is 11.8 Å². The molecule has 1 atom stereocenters. The van der Waals surface area contributed by atoms with Gasteiger partial charge >= 0.3 is 0 Å². The highest BCUT2D eigenvalue weighted by atomic mass is 16.5. The topological polar surface area (TPSA) is 97.3 Å². The standard InChI is InChI=1S/C28H25N5O3/c1-18-24(28(35)32-21-11-7-4-8-12-21)25(19-13-15-22(36-2)16-14-19)33-26(30-18)23(17-29-33)27(34)31-20-9-5-3-6-10-20/h3-17,25,30H,1-2H3,(H,31,34)(H,32,35)/t25-/m0/s1. The van der Waals surface area contributed by atoms with E-state index >= 15 is 0 Å². The molecule has 2 heterocycles. The third-order valence-electron chi connectivity index (χ3n) is 6.01. The molecule has 0 unspecified atom stereocenters. The van der Waals surface area contributed by atoms with Crippen LogP contribution in [0.25, 0.3) is 0 Å². The number of anilines is 3. The van der Waals surface area contributed by atoms with Crippen LogP contribution < -0.4 is 20.7 Å². The molecule has 0 saturated carbocycles. The molecule has 3 aromatic carbocycles. The number of fused-ring (bicyclic) bond motifs is 1. The molecule has 1 aromatic heterocycles. The van der Waals surface area contributed by atoms with E-state index in [9.17, 15) is 9.59 Å². The van der Waals surface area contributed by atoms with Crippen LogP contribution in [-0.2, 0) is 4.79 Å². The molecular formula is C28H25N5O3. The van der Waals surface area contributed by atoms with Crippen LogP contribution in [0.4, 0.5) is 17.2 Å². The van der Waals surface area contributed by atoms with Crippen LogP contribution in [0.2, 0.25) is 0 Å². The Balaban J connectivity index is 1.55. The normalized spacial score (nSPS) is 14.4. The number of carbonyl (C=O) groups excluding carboxylic acids is 2. The van der Waals surface area contributed by atoms with E-state index in [4.69, 9.17) is 4.74 Å². The van der Waals surface area contributed by atoms with Crippen LogP contribution in [0.15, 0.2) is 102 Å². The number of amides is 2. The summed E-state index contributed by atoms with van der Waals surface area (Å²) in [6.07, 6.45) is 1.52. The van der Waals surface area contributed by atoms with Gasteiger partial charge in [0.2, 0.25) is 0 Å². The minimum absolute atomic E-state index is 0.261. The van der Waals surface area contributed by atoms with Gasteiger partial charge in [0.15, 0.2) is 0 Å². The Bertz CT molecular complexity index is 1430. The molecular weight excluding hydrogens is 454 g/mol. The van der Waals surface area contributed by atoms with E-state index in [0.717, 1.165) is 5.56 Å². The van der Waals surface area contributed by atoms with Crippen LogP contribution in [0, 0.1) is 0 Å². The van der Waals surface area contributed by atoms with Gasteiger partial charge in [-0.05, 0) is 48.9 Å². The van der Waals surface area contributed by atoms with E-state index in [0.29, 0.717) is 39.8 Å². The highest BCUT2D eigenvalue weighted by Gasteiger charge is 2.35. The maximum Gasteiger partial charge on any atom is 0.261 e. The van der Waals surface area contributed by atoms with E-state index in [1.54, 1.807) is 11.8 Å². The van der Waals surface area contributed by atoms with Crippen LogP contribution in [0.1, 0.15) is 28.9 Å². The Morgan fingerprint density at radius 3 is 2.03 bits per heavy atom. The molecule has 0 spiro atoms. The maximum absolute atomic E-state index is 13.5. The molecule has 0 radical (unpaired) electrons. The molecule has 5 rings (SSSR count). The minimum Gasteiger partial charge on any atom is -0.497 e. The van der Waals surface area contributed by atoms with Crippen molar-refractivity contribution in [2.75, 3.05) is 23.1 Å². The van der Waals surface area contributed by atoms with Gasteiger partial charge in [0.05, 0.1) is 18.9 Å². The van der Waals surface area contributed by atoms with Crippen molar-refractivity contribution in [1.29, 1.82) is 0 Å². The van der Waals surface area contributed by atoms with Gasteiger partial charge in [0.1, 0.15) is 23.2 Å². The Morgan fingerprint density at radius 2 is 1.44 bits per heavy atom. The highest BCUT2D eigenvalue weighted by molar-refractivity contribution is 6.09. The number of rotatable bonds is 6. The summed E-state index contributed by atoms with van der Waals surface area (Å²) < 4.78 is 6.99. The number of hydrogen-bond donors (Lipinski definition) is 3. The van der Waals surface area contributed by atoms with Crippen molar-refractivity contribution in [2.24, 2.45) is 0 Å². The summed E-state index contributed by atoms with van der Waals surface area (Å²) in [5, 5.41) is 13.7. The zero-order valence-corrected chi connectivity index (χ0v) is 19.9. The van der Waals surface area contributed by atoms with E-state index in [-0.39, 0.29) is 11.8 Å². The van der Waals surface area contributed by atoms with Crippen LogP contribution in [-0.4, -0.2) is 28.7 Å². The van der Waals surface area contributed by atoms with Gasteiger partial charge in [0, 0.05) is 17.1 Å². The molecule has 0 bridgehead atoms. The Morgan fingerprint density at radius 1 is 0.861 bits per heavy atom. The average Bonchev–Trinajstić information content (AvgIpc) is 3.32. The first kappa shape index (κ1) is 22.9. The first-order chi connectivity index (χ1) is 17.5. The number of ether oxygens (including phenoxy) is 1. The second-order valence-electron chi connectivity index (χ2n) is 8.33. The summed E-state index contributed by atoms with van der Waals surface area (Å²) in [6.45, 7) is 1.83. The van der Waals surface area contributed by atoms with Gasteiger partial charge in [-0.25, -0.2) is 4.68 Å². The van der Waals surface area contributed by atoms with Crippen molar-refractivity contribution in [3.8, 4) is 5.75 Å². The van der Waals surface area contributed by atoms with Crippen molar-refractivity contribution in [1.82, 2.24) is 9.78 Å². The zero-order chi connectivity index (χ0) is 25.1. The monoisotopic (exact) mass is 479 g/mol. The van der Waals surface area contributed by atoms with Crippen molar-refractivity contribution in [3.05, 3.63) is 114 Å². The average molecular weight is 480 g/mol. The molecule has 0 aliphatic carbocycles. The molecule has 0 fully saturated rings. The molecule has 3 N–H and O–H groups in total. The van der Waals surface area contributed by atoms with Gasteiger partial charge in [-0.15, -0.1) is 0 Å². The van der Waals surface area contributed by atoms with Crippen molar-refractivity contribution in [2.45, 2.75) is 13.0 Å². The van der Waals surface area contributed by atoms with E-state index in [1.807, 2.05) is 91.9 Å². The number of allylic oxidation sites excluding steroid dienone is 1. The van der Waals surface area contributed by atoms with E-state index in [2.05, 4.69) is 21.0 Å². The molecule has 1 aliphatic heterocycles. The lowest BCUT2D eigenvalue weighted by Gasteiger charge is -2.30. The maximum atomic E-state index is 13.5. The number of hydrogen-bond acceptors (Lipinski definition) is 5. The quantitative estimate of drug-likeness (QED) is 0.359. The Hall–Kier alpha value is -4.85. The lowest BCUT2D eigenvalue weighted by molar-refractivity contribution is -0.113. The lowest BCUT2D eigenvalue weighted by atomic mass is 9.94. The molecule has 0 saturated heterocycles. The van der Waals surface area contributed by atoms with Crippen molar-refractivity contribution < 1.29 is 14.3 Å². The first-order valence-electron chi connectivity index (χ1n) is 11.5. The SMILES string of the molecule is COc1ccc([C@H]2C(C(=O)Nc3ccccc3)=C(C)Nc3c(C(=O)Nc4ccccc4)cnn32)cc1. The number of aromatic nitrogens is 2. The second kappa shape index (κ2) is 9.79.